The summed E-state index contributed by atoms with van der Waals surface area (Å²) >= 11 is 0. The van der Waals surface area contributed by atoms with Gasteiger partial charge in [0, 0.05) is 0 Å². The molecule has 0 aliphatic rings. The second-order valence-corrected chi connectivity index (χ2v) is 4.08. The highest BCUT2D eigenvalue weighted by Crippen LogP contribution is 2.07. The molecule has 2 aromatic carbocycles. The maximum Gasteiger partial charge on any atom is -0.0251 e. The minimum atomic E-state index is 1.04. The normalized spacial score (nSPS) is 8.00. The summed E-state index contributed by atoms with van der Waals surface area (Å²) in [5, 5.41) is 0. The van der Waals surface area contributed by atoms with Crippen molar-refractivity contribution in [1.29, 1.82) is 0 Å². The first kappa shape index (κ1) is 19.1. The van der Waals surface area contributed by atoms with E-state index in [4.69, 9.17) is 0 Å². The Balaban J connectivity index is 0.000000382. The van der Waals surface area contributed by atoms with Crippen LogP contribution in [0.3, 0.4) is 0 Å². The van der Waals surface area contributed by atoms with Crippen LogP contribution in [0.25, 0.3) is 12.2 Å². The molecular weight excluding hydrogens is 264 g/mol. The third-order valence-corrected chi connectivity index (χ3v) is 2.64. The van der Waals surface area contributed by atoms with Gasteiger partial charge in [-0.3, -0.25) is 0 Å². The lowest BCUT2D eigenvalue weighted by atomic mass is 10.1. The van der Waals surface area contributed by atoms with E-state index in [2.05, 4.69) is 32.9 Å². The minimum absolute atomic E-state index is 1.04. The highest BCUT2D eigenvalue weighted by Gasteiger charge is 1.85. The Bertz CT molecular complexity index is 564. The van der Waals surface area contributed by atoms with Crippen molar-refractivity contribution in [2.45, 2.75) is 0 Å². The standard InChI is InChI=1S/C12H12.C8H8.C2H4/c1-3-11(4-2)10-12-8-6-5-7-9-12;1-2-8-6-4-3-5-7-8;1-2/h3-10H,1-2H2;2-7H,1H2;1-2H2. The Morgan fingerprint density at radius 1 is 0.636 bits per heavy atom. The van der Waals surface area contributed by atoms with Gasteiger partial charge in [0.25, 0.3) is 0 Å². The van der Waals surface area contributed by atoms with Gasteiger partial charge in [-0.05, 0) is 22.8 Å². The van der Waals surface area contributed by atoms with E-state index in [1.54, 1.807) is 12.2 Å². The van der Waals surface area contributed by atoms with Crippen molar-refractivity contribution in [3.8, 4) is 0 Å². The zero-order valence-corrected chi connectivity index (χ0v) is 13.1. The topological polar surface area (TPSA) is 0 Å². The summed E-state index contributed by atoms with van der Waals surface area (Å²) in [7, 11) is 0. The molecule has 0 radical (unpaired) electrons. The van der Waals surface area contributed by atoms with Crippen LogP contribution in [0.5, 0.6) is 0 Å². The van der Waals surface area contributed by atoms with E-state index in [0.717, 1.165) is 5.57 Å². The molecule has 0 bridgehead atoms. The molecule has 0 heterocycles. The molecule has 0 amide bonds. The van der Waals surface area contributed by atoms with Gasteiger partial charge in [-0.2, -0.15) is 0 Å². The molecule has 0 aliphatic carbocycles. The fourth-order valence-electron chi connectivity index (χ4n) is 1.53. The van der Waals surface area contributed by atoms with Gasteiger partial charge >= 0.3 is 0 Å². The van der Waals surface area contributed by atoms with Gasteiger partial charge in [0.15, 0.2) is 0 Å². The van der Waals surface area contributed by atoms with Crippen molar-refractivity contribution >= 4 is 12.2 Å². The summed E-state index contributed by atoms with van der Waals surface area (Å²) in [5.41, 5.74) is 3.39. The Morgan fingerprint density at radius 2 is 1.05 bits per heavy atom. The number of allylic oxidation sites excluding steroid dienone is 3. The number of hydrogen-bond donors (Lipinski definition) is 0. The molecule has 2 rings (SSSR count). The molecule has 0 saturated carbocycles. The fourth-order valence-corrected chi connectivity index (χ4v) is 1.53. The van der Waals surface area contributed by atoms with Crippen LogP contribution in [0.4, 0.5) is 0 Å². The first-order valence-corrected chi connectivity index (χ1v) is 6.99. The maximum absolute atomic E-state index is 3.69. The first-order chi connectivity index (χ1) is 10.8. The highest BCUT2D eigenvalue weighted by atomic mass is 13.9. The van der Waals surface area contributed by atoms with Crippen LogP contribution in [0.1, 0.15) is 11.1 Å². The van der Waals surface area contributed by atoms with Crippen molar-refractivity contribution in [2.24, 2.45) is 0 Å². The van der Waals surface area contributed by atoms with Gasteiger partial charge in [0.1, 0.15) is 0 Å². The second-order valence-electron chi connectivity index (χ2n) is 4.08. The summed E-state index contributed by atoms with van der Waals surface area (Å²) in [4.78, 5) is 0. The van der Waals surface area contributed by atoms with Crippen LogP contribution >= 0.6 is 0 Å². The molecule has 2 aromatic rings. The predicted octanol–water partition coefficient (Wildman–Crippen LogP) is 6.57. The summed E-state index contributed by atoms with van der Waals surface area (Å²) in [6.07, 6.45) is 7.46. The monoisotopic (exact) mass is 288 g/mol. The van der Waals surface area contributed by atoms with E-state index in [0.29, 0.717) is 0 Å². The van der Waals surface area contributed by atoms with Crippen molar-refractivity contribution in [3.05, 3.63) is 122 Å². The van der Waals surface area contributed by atoms with E-state index < -0.39 is 0 Å². The summed E-state index contributed by atoms with van der Waals surface area (Å²) in [6.45, 7) is 17.0. The van der Waals surface area contributed by atoms with Gasteiger partial charge in [0.2, 0.25) is 0 Å². The molecule has 0 spiro atoms. The molecule has 0 N–H and O–H groups in total. The van der Waals surface area contributed by atoms with Crippen molar-refractivity contribution in [3.63, 3.8) is 0 Å². The molecule has 22 heavy (non-hydrogen) atoms. The van der Waals surface area contributed by atoms with Crippen LogP contribution in [-0.4, -0.2) is 0 Å². The first-order valence-electron chi connectivity index (χ1n) is 6.99. The highest BCUT2D eigenvalue weighted by molar-refractivity contribution is 5.58. The van der Waals surface area contributed by atoms with Crippen LogP contribution in [0.15, 0.2) is 111 Å². The lowest BCUT2D eigenvalue weighted by Crippen LogP contribution is -1.72. The van der Waals surface area contributed by atoms with Crippen LogP contribution in [-0.2, 0) is 0 Å². The molecule has 0 saturated heterocycles. The number of hydrogen-bond acceptors (Lipinski definition) is 0. The smallest absolute Gasteiger partial charge is 0.0251 e. The van der Waals surface area contributed by atoms with Crippen LogP contribution in [0, 0.1) is 0 Å². The molecule has 0 aliphatic heterocycles. The molecule has 0 nitrogen and oxygen atoms in total. The van der Waals surface area contributed by atoms with E-state index in [9.17, 15) is 0 Å². The van der Waals surface area contributed by atoms with Gasteiger partial charge < -0.3 is 0 Å². The number of benzene rings is 2. The largest absolute Gasteiger partial charge is 0.106 e. The molecule has 0 aromatic heterocycles. The van der Waals surface area contributed by atoms with E-state index in [-0.39, 0.29) is 0 Å². The van der Waals surface area contributed by atoms with Crippen molar-refractivity contribution in [1.82, 2.24) is 0 Å². The number of rotatable bonds is 4. The molecule has 112 valence electrons. The van der Waals surface area contributed by atoms with Gasteiger partial charge in [-0.25, -0.2) is 0 Å². The quantitative estimate of drug-likeness (QED) is 0.440. The molecule has 0 unspecified atom stereocenters. The van der Waals surface area contributed by atoms with Crippen LogP contribution < -0.4 is 0 Å². The Kier molecular flexibility index (Phi) is 11.4. The van der Waals surface area contributed by atoms with Crippen LogP contribution in [0.2, 0.25) is 0 Å². The third-order valence-electron chi connectivity index (χ3n) is 2.64. The van der Waals surface area contributed by atoms with E-state index >= 15 is 0 Å². The molecule has 0 heteroatoms. The lowest BCUT2D eigenvalue weighted by Gasteiger charge is -1.93. The second kappa shape index (κ2) is 13.1. The Hall–Kier alpha value is -2.86. The zero-order chi connectivity index (χ0) is 16.6. The molecular formula is C22H24. The molecule has 0 fully saturated rings. The fraction of sp³-hybridized carbons (Fsp3) is 0. The van der Waals surface area contributed by atoms with Crippen molar-refractivity contribution in [2.75, 3.05) is 0 Å². The minimum Gasteiger partial charge on any atom is -0.106 e. The van der Waals surface area contributed by atoms with E-state index in [1.807, 2.05) is 72.8 Å². The Labute approximate surface area is 135 Å². The SMILES string of the molecule is C=C.C=CC(C=C)=Cc1ccccc1.C=Cc1ccccc1. The zero-order valence-electron chi connectivity index (χ0n) is 13.1. The molecule has 0 atom stereocenters. The summed E-state index contributed by atoms with van der Waals surface area (Å²) in [5.74, 6) is 0. The van der Waals surface area contributed by atoms with E-state index in [1.165, 1.54) is 11.1 Å². The Morgan fingerprint density at radius 3 is 1.36 bits per heavy atom. The maximum atomic E-state index is 3.69. The van der Waals surface area contributed by atoms with Crippen molar-refractivity contribution < 1.29 is 0 Å². The lowest BCUT2D eigenvalue weighted by molar-refractivity contribution is 1.64. The summed E-state index contributed by atoms with van der Waals surface area (Å²) in [6, 6.07) is 20.1. The average molecular weight is 288 g/mol. The van der Waals surface area contributed by atoms with Gasteiger partial charge in [-0.15, -0.1) is 13.2 Å². The van der Waals surface area contributed by atoms with Gasteiger partial charge in [0.05, 0.1) is 0 Å². The summed E-state index contributed by atoms with van der Waals surface area (Å²) < 4.78 is 0. The third kappa shape index (κ3) is 8.34. The van der Waals surface area contributed by atoms with Gasteiger partial charge in [-0.1, -0.05) is 98.6 Å². The average Bonchev–Trinajstić information content (AvgIpc) is 2.63. The predicted molar refractivity (Wildman–Crippen MR) is 103 cm³/mol.